The summed E-state index contributed by atoms with van der Waals surface area (Å²) in [6.45, 7) is 1.59. The van der Waals surface area contributed by atoms with Gasteiger partial charge in [-0.05, 0) is 31.0 Å². The normalized spacial score (nSPS) is 17.7. The predicted molar refractivity (Wildman–Crippen MR) is 94.0 cm³/mol. The Morgan fingerprint density at radius 3 is 3.18 bits per heavy atom. The zero-order chi connectivity index (χ0) is 15.5. The van der Waals surface area contributed by atoms with Gasteiger partial charge in [0.1, 0.15) is 0 Å². The standard InChI is InChI=1S/C15H15BrClN3OS/c16-10-3-4-13(17)12(8-10)14(21)19-9-11-2-1-6-20(11)15-18-5-7-22-15/h3-5,7-8,11H,1-2,6,9H2,(H,19,21). The van der Waals surface area contributed by atoms with Crippen molar-refractivity contribution >= 4 is 49.9 Å². The van der Waals surface area contributed by atoms with Crippen LogP contribution in [0.4, 0.5) is 5.13 Å². The van der Waals surface area contributed by atoms with Crippen LogP contribution >= 0.6 is 38.9 Å². The Balaban J connectivity index is 1.64. The number of rotatable bonds is 4. The van der Waals surface area contributed by atoms with Crippen LogP contribution in [0.25, 0.3) is 0 Å². The molecule has 7 heteroatoms. The number of hydrogen-bond acceptors (Lipinski definition) is 4. The number of halogens is 2. The van der Waals surface area contributed by atoms with Gasteiger partial charge < -0.3 is 10.2 Å². The van der Waals surface area contributed by atoms with Gasteiger partial charge >= 0.3 is 0 Å². The molecular formula is C15H15BrClN3OS. The number of hydrogen-bond donors (Lipinski definition) is 1. The number of thiazole rings is 1. The van der Waals surface area contributed by atoms with Crippen LogP contribution in [0.1, 0.15) is 23.2 Å². The van der Waals surface area contributed by atoms with Gasteiger partial charge in [0, 0.05) is 35.2 Å². The van der Waals surface area contributed by atoms with Gasteiger partial charge in [0.2, 0.25) is 0 Å². The number of aromatic nitrogens is 1. The lowest BCUT2D eigenvalue weighted by atomic mass is 10.2. The molecule has 4 nitrogen and oxygen atoms in total. The van der Waals surface area contributed by atoms with E-state index in [1.165, 1.54) is 0 Å². The van der Waals surface area contributed by atoms with Crippen molar-refractivity contribution in [2.24, 2.45) is 0 Å². The Morgan fingerprint density at radius 2 is 2.41 bits per heavy atom. The molecule has 1 aromatic heterocycles. The summed E-state index contributed by atoms with van der Waals surface area (Å²) in [5.41, 5.74) is 0.495. The van der Waals surface area contributed by atoms with Crippen molar-refractivity contribution in [3.8, 4) is 0 Å². The molecule has 3 rings (SSSR count). The van der Waals surface area contributed by atoms with Crippen molar-refractivity contribution in [3.63, 3.8) is 0 Å². The molecule has 0 radical (unpaired) electrons. The summed E-state index contributed by atoms with van der Waals surface area (Å²) < 4.78 is 0.840. The molecule has 0 saturated carbocycles. The Morgan fingerprint density at radius 1 is 1.55 bits per heavy atom. The third-order valence-electron chi connectivity index (χ3n) is 3.71. The van der Waals surface area contributed by atoms with Crippen LogP contribution in [0.2, 0.25) is 5.02 Å². The minimum atomic E-state index is -0.141. The lowest BCUT2D eigenvalue weighted by Crippen LogP contribution is -2.40. The largest absolute Gasteiger partial charge is 0.350 e. The van der Waals surface area contributed by atoms with Gasteiger partial charge in [-0.2, -0.15) is 0 Å². The third kappa shape index (κ3) is 3.45. The molecule has 1 aromatic carbocycles. The molecule has 1 aliphatic rings. The van der Waals surface area contributed by atoms with E-state index in [-0.39, 0.29) is 5.91 Å². The molecule has 2 heterocycles. The number of nitrogens with zero attached hydrogens (tertiary/aromatic N) is 2. The van der Waals surface area contributed by atoms with Crippen LogP contribution in [0, 0.1) is 0 Å². The summed E-state index contributed by atoms with van der Waals surface area (Å²) in [4.78, 5) is 19.0. The fourth-order valence-electron chi connectivity index (χ4n) is 2.63. The molecule has 2 aromatic rings. The van der Waals surface area contributed by atoms with Crippen molar-refractivity contribution in [2.45, 2.75) is 18.9 Å². The minimum Gasteiger partial charge on any atom is -0.350 e. The number of anilines is 1. The second kappa shape index (κ2) is 6.98. The maximum Gasteiger partial charge on any atom is 0.252 e. The molecule has 0 bridgehead atoms. The van der Waals surface area contributed by atoms with Crippen LogP contribution in [0.3, 0.4) is 0 Å². The Hall–Kier alpha value is -1.11. The summed E-state index contributed by atoms with van der Waals surface area (Å²) in [7, 11) is 0. The molecule has 1 unspecified atom stereocenters. The van der Waals surface area contributed by atoms with Gasteiger partial charge in [0.05, 0.1) is 10.6 Å². The molecule has 1 N–H and O–H groups in total. The predicted octanol–water partition coefficient (Wildman–Crippen LogP) is 3.96. The lowest BCUT2D eigenvalue weighted by Gasteiger charge is -2.24. The SMILES string of the molecule is O=C(NCC1CCCN1c1nccs1)c1cc(Br)ccc1Cl. The number of carbonyl (C=O) groups is 1. The highest BCUT2D eigenvalue weighted by Gasteiger charge is 2.26. The molecular weight excluding hydrogens is 386 g/mol. The van der Waals surface area contributed by atoms with Crippen molar-refractivity contribution in [1.82, 2.24) is 10.3 Å². The van der Waals surface area contributed by atoms with Crippen LogP contribution < -0.4 is 10.2 Å². The average Bonchev–Trinajstić information content (AvgIpc) is 3.17. The van der Waals surface area contributed by atoms with Gasteiger partial charge in [-0.3, -0.25) is 4.79 Å². The van der Waals surface area contributed by atoms with Gasteiger partial charge in [0.25, 0.3) is 5.91 Å². The van der Waals surface area contributed by atoms with Crippen LogP contribution in [-0.4, -0.2) is 30.0 Å². The molecule has 0 spiro atoms. The fourth-order valence-corrected chi connectivity index (χ4v) is 3.94. The van der Waals surface area contributed by atoms with E-state index in [2.05, 4.69) is 31.1 Å². The first-order chi connectivity index (χ1) is 10.6. The van der Waals surface area contributed by atoms with Gasteiger partial charge in [-0.25, -0.2) is 4.98 Å². The minimum absolute atomic E-state index is 0.141. The average molecular weight is 401 g/mol. The number of carbonyl (C=O) groups excluding carboxylic acids is 1. The highest BCUT2D eigenvalue weighted by Crippen LogP contribution is 2.27. The highest BCUT2D eigenvalue weighted by atomic mass is 79.9. The van der Waals surface area contributed by atoms with E-state index in [4.69, 9.17) is 11.6 Å². The Kier molecular flexibility index (Phi) is 5.00. The van der Waals surface area contributed by atoms with Crippen molar-refractivity contribution in [1.29, 1.82) is 0 Å². The molecule has 1 atom stereocenters. The Labute approximate surface area is 146 Å². The quantitative estimate of drug-likeness (QED) is 0.845. The zero-order valence-corrected chi connectivity index (χ0v) is 14.9. The second-order valence-corrected chi connectivity index (χ2v) is 7.33. The van der Waals surface area contributed by atoms with Gasteiger partial charge in [-0.1, -0.05) is 27.5 Å². The lowest BCUT2D eigenvalue weighted by molar-refractivity contribution is 0.0951. The number of nitrogens with one attached hydrogen (secondary N) is 1. The second-order valence-electron chi connectivity index (χ2n) is 5.14. The molecule has 1 saturated heterocycles. The monoisotopic (exact) mass is 399 g/mol. The van der Waals surface area contributed by atoms with Crippen LogP contribution in [0.15, 0.2) is 34.2 Å². The zero-order valence-electron chi connectivity index (χ0n) is 11.8. The van der Waals surface area contributed by atoms with E-state index in [9.17, 15) is 4.79 Å². The molecule has 1 fully saturated rings. The first-order valence-corrected chi connectivity index (χ1v) is 9.09. The molecule has 116 valence electrons. The highest BCUT2D eigenvalue weighted by molar-refractivity contribution is 9.10. The first kappa shape index (κ1) is 15.8. The van der Waals surface area contributed by atoms with Crippen molar-refractivity contribution in [2.75, 3.05) is 18.0 Å². The summed E-state index contributed by atoms with van der Waals surface area (Å²) in [6.07, 6.45) is 4.00. The fraction of sp³-hybridized carbons (Fsp3) is 0.333. The number of benzene rings is 1. The van der Waals surface area contributed by atoms with E-state index in [0.717, 1.165) is 29.0 Å². The summed E-state index contributed by atoms with van der Waals surface area (Å²) in [5, 5.41) is 6.46. The molecule has 1 amide bonds. The number of amides is 1. The van der Waals surface area contributed by atoms with Crippen LogP contribution in [-0.2, 0) is 0 Å². The smallest absolute Gasteiger partial charge is 0.252 e. The van der Waals surface area contributed by atoms with Gasteiger partial charge in [0.15, 0.2) is 5.13 Å². The molecule has 0 aliphatic carbocycles. The van der Waals surface area contributed by atoms with E-state index in [0.29, 0.717) is 23.2 Å². The summed E-state index contributed by atoms with van der Waals surface area (Å²) in [5.74, 6) is -0.141. The third-order valence-corrected chi connectivity index (χ3v) is 5.34. The van der Waals surface area contributed by atoms with Crippen molar-refractivity contribution < 1.29 is 4.79 Å². The maximum atomic E-state index is 12.3. The van der Waals surface area contributed by atoms with Crippen molar-refractivity contribution in [3.05, 3.63) is 44.8 Å². The van der Waals surface area contributed by atoms with E-state index in [1.807, 2.05) is 17.6 Å². The maximum absolute atomic E-state index is 12.3. The van der Waals surface area contributed by atoms with E-state index >= 15 is 0 Å². The molecule has 1 aliphatic heterocycles. The first-order valence-electron chi connectivity index (χ1n) is 7.04. The topological polar surface area (TPSA) is 45.2 Å². The molecule has 22 heavy (non-hydrogen) atoms. The van der Waals surface area contributed by atoms with Crippen LogP contribution in [0.5, 0.6) is 0 Å². The Bertz CT molecular complexity index is 665. The summed E-state index contributed by atoms with van der Waals surface area (Å²) >= 11 is 11.1. The van der Waals surface area contributed by atoms with E-state index < -0.39 is 0 Å². The van der Waals surface area contributed by atoms with Gasteiger partial charge in [-0.15, -0.1) is 11.3 Å². The summed E-state index contributed by atoms with van der Waals surface area (Å²) in [6, 6.07) is 5.57. The van der Waals surface area contributed by atoms with E-state index in [1.54, 1.807) is 23.5 Å².